The fourth-order valence-electron chi connectivity index (χ4n) is 2.66. The second-order valence-corrected chi connectivity index (χ2v) is 6.40. The summed E-state index contributed by atoms with van der Waals surface area (Å²) >= 11 is 0. The molecule has 1 aromatic carbocycles. The van der Waals surface area contributed by atoms with Crippen molar-refractivity contribution in [3.05, 3.63) is 65.5 Å². The van der Waals surface area contributed by atoms with E-state index in [1.807, 2.05) is 58.0 Å². The third-order valence-corrected chi connectivity index (χ3v) is 3.69. The van der Waals surface area contributed by atoms with Gasteiger partial charge in [-0.1, -0.05) is 42.5 Å². The minimum Gasteiger partial charge on any atom is -0.370 e. The van der Waals surface area contributed by atoms with Gasteiger partial charge in [0.1, 0.15) is 11.9 Å². The van der Waals surface area contributed by atoms with Crippen LogP contribution in [0.3, 0.4) is 0 Å². The summed E-state index contributed by atoms with van der Waals surface area (Å²) in [6, 6.07) is 7.68. The van der Waals surface area contributed by atoms with Crippen LogP contribution in [0.15, 0.2) is 54.4 Å². The van der Waals surface area contributed by atoms with E-state index in [9.17, 15) is 4.39 Å². The first kappa shape index (κ1) is 20.3. The SMILES string of the molecule is C=C/C(F)=C(\C(=C/C)C(OCCN)C(C)(C)N)c1cccc(C)c1. The van der Waals surface area contributed by atoms with Crippen molar-refractivity contribution >= 4 is 5.57 Å². The second kappa shape index (κ2) is 8.92. The molecule has 0 fully saturated rings. The molecule has 1 unspecified atom stereocenters. The Morgan fingerprint density at radius 2 is 2.08 bits per heavy atom. The van der Waals surface area contributed by atoms with Crippen molar-refractivity contribution in [3.63, 3.8) is 0 Å². The monoisotopic (exact) mass is 332 g/mol. The third-order valence-electron chi connectivity index (χ3n) is 3.69. The van der Waals surface area contributed by atoms with Gasteiger partial charge in [0.25, 0.3) is 0 Å². The maximum atomic E-state index is 14.7. The summed E-state index contributed by atoms with van der Waals surface area (Å²) in [5, 5.41) is 0. The highest BCUT2D eigenvalue weighted by molar-refractivity contribution is 5.83. The number of benzene rings is 1. The number of ether oxygens (including phenoxy) is 1. The van der Waals surface area contributed by atoms with Crippen LogP contribution < -0.4 is 11.5 Å². The van der Waals surface area contributed by atoms with Crippen LogP contribution >= 0.6 is 0 Å². The number of nitrogens with two attached hydrogens (primary N) is 2. The molecule has 0 radical (unpaired) electrons. The zero-order chi connectivity index (χ0) is 18.3. The first-order valence-electron chi connectivity index (χ1n) is 8.12. The maximum absolute atomic E-state index is 14.7. The quantitative estimate of drug-likeness (QED) is 0.710. The van der Waals surface area contributed by atoms with Gasteiger partial charge < -0.3 is 16.2 Å². The molecule has 0 aromatic heterocycles. The van der Waals surface area contributed by atoms with Gasteiger partial charge in [0.15, 0.2) is 0 Å². The van der Waals surface area contributed by atoms with Gasteiger partial charge in [-0.05, 0) is 44.9 Å². The summed E-state index contributed by atoms with van der Waals surface area (Å²) in [4.78, 5) is 0. The third kappa shape index (κ3) is 5.13. The Labute approximate surface area is 144 Å². The van der Waals surface area contributed by atoms with Crippen LogP contribution in [0.25, 0.3) is 5.57 Å². The van der Waals surface area contributed by atoms with E-state index < -0.39 is 17.5 Å². The summed E-state index contributed by atoms with van der Waals surface area (Å²) in [5.41, 5.74) is 14.1. The summed E-state index contributed by atoms with van der Waals surface area (Å²) in [7, 11) is 0. The molecule has 1 atom stereocenters. The van der Waals surface area contributed by atoms with Crippen LogP contribution in [-0.2, 0) is 4.74 Å². The van der Waals surface area contributed by atoms with Gasteiger partial charge in [-0.3, -0.25) is 0 Å². The van der Waals surface area contributed by atoms with Gasteiger partial charge in [0.05, 0.1) is 6.61 Å². The Bertz CT molecular complexity index is 627. The van der Waals surface area contributed by atoms with Gasteiger partial charge in [0, 0.05) is 17.7 Å². The first-order chi connectivity index (χ1) is 11.3. The molecule has 1 rings (SSSR count). The topological polar surface area (TPSA) is 61.3 Å². The minimum absolute atomic E-state index is 0.347. The predicted molar refractivity (Wildman–Crippen MR) is 100 cm³/mol. The van der Waals surface area contributed by atoms with E-state index in [0.29, 0.717) is 24.3 Å². The Morgan fingerprint density at radius 3 is 2.54 bits per heavy atom. The largest absolute Gasteiger partial charge is 0.370 e. The molecule has 132 valence electrons. The van der Waals surface area contributed by atoms with E-state index in [2.05, 4.69) is 6.58 Å². The zero-order valence-corrected chi connectivity index (χ0v) is 15.1. The lowest BCUT2D eigenvalue weighted by atomic mass is 9.84. The molecule has 0 aliphatic carbocycles. The van der Waals surface area contributed by atoms with E-state index in [1.54, 1.807) is 0 Å². The van der Waals surface area contributed by atoms with Gasteiger partial charge in [-0.2, -0.15) is 0 Å². The van der Waals surface area contributed by atoms with Crippen molar-refractivity contribution in [2.75, 3.05) is 13.2 Å². The number of rotatable bonds is 8. The van der Waals surface area contributed by atoms with Crippen LogP contribution in [0.1, 0.15) is 31.9 Å². The van der Waals surface area contributed by atoms with Crippen molar-refractivity contribution in [3.8, 4) is 0 Å². The molecule has 4 heteroatoms. The van der Waals surface area contributed by atoms with Crippen LogP contribution in [0.5, 0.6) is 0 Å². The normalized spacial score (nSPS) is 15.0. The lowest BCUT2D eigenvalue weighted by molar-refractivity contribution is 0.0425. The van der Waals surface area contributed by atoms with Crippen molar-refractivity contribution in [1.82, 2.24) is 0 Å². The number of hydrogen-bond donors (Lipinski definition) is 2. The van der Waals surface area contributed by atoms with Crippen molar-refractivity contribution in [2.24, 2.45) is 11.5 Å². The molecule has 3 nitrogen and oxygen atoms in total. The molecule has 24 heavy (non-hydrogen) atoms. The second-order valence-electron chi connectivity index (χ2n) is 6.40. The summed E-state index contributed by atoms with van der Waals surface area (Å²) in [6.07, 6.45) is 2.56. The summed E-state index contributed by atoms with van der Waals surface area (Å²) < 4.78 is 20.6. The fraction of sp³-hybridized carbons (Fsp3) is 0.400. The summed E-state index contributed by atoms with van der Waals surface area (Å²) in [6.45, 7) is 11.8. The number of halogens is 1. The minimum atomic E-state index is -0.701. The van der Waals surface area contributed by atoms with Crippen LogP contribution in [0.2, 0.25) is 0 Å². The molecule has 0 saturated heterocycles. The Kier molecular flexibility index (Phi) is 7.55. The lowest BCUT2D eigenvalue weighted by Gasteiger charge is -2.34. The van der Waals surface area contributed by atoms with E-state index in [1.165, 1.54) is 6.08 Å². The summed E-state index contributed by atoms with van der Waals surface area (Å²) in [5.74, 6) is -0.403. The Morgan fingerprint density at radius 1 is 1.42 bits per heavy atom. The lowest BCUT2D eigenvalue weighted by Crippen LogP contribution is -2.48. The average molecular weight is 332 g/mol. The molecule has 1 aromatic rings. The van der Waals surface area contributed by atoms with Crippen LogP contribution in [0.4, 0.5) is 4.39 Å². The number of allylic oxidation sites excluding steroid dienone is 3. The van der Waals surface area contributed by atoms with Gasteiger partial charge in [0.2, 0.25) is 0 Å². The number of hydrogen-bond acceptors (Lipinski definition) is 3. The molecular weight excluding hydrogens is 303 g/mol. The first-order valence-corrected chi connectivity index (χ1v) is 8.12. The molecule has 0 amide bonds. The maximum Gasteiger partial charge on any atom is 0.130 e. The smallest absolute Gasteiger partial charge is 0.130 e. The predicted octanol–water partition coefficient (Wildman–Crippen LogP) is 3.89. The highest BCUT2D eigenvalue weighted by atomic mass is 19.1. The molecule has 4 N–H and O–H groups in total. The molecule has 0 aliphatic rings. The number of aryl methyl sites for hydroxylation is 1. The standard InChI is InChI=1S/C20H29FN2O/c1-6-16(19(20(4,5)23)24-12-11-22)18(17(21)7-2)15-10-8-9-14(3)13-15/h6-10,13,19H,2,11-12,22-23H2,1,3-5H3/b16-6+,18-17+. The van der Waals surface area contributed by atoms with Crippen LogP contribution in [0, 0.1) is 6.92 Å². The van der Waals surface area contributed by atoms with Gasteiger partial charge in [-0.15, -0.1) is 0 Å². The van der Waals surface area contributed by atoms with E-state index in [4.69, 9.17) is 16.2 Å². The van der Waals surface area contributed by atoms with E-state index >= 15 is 0 Å². The van der Waals surface area contributed by atoms with Gasteiger partial charge in [-0.25, -0.2) is 4.39 Å². The van der Waals surface area contributed by atoms with Crippen molar-refractivity contribution in [1.29, 1.82) is 0 Å². The highest BCUT2D eigenvalue weighted by Crippen LogP contribution is 2.34. The van der Waals surface area contributed by atoms with Crippen molar-refractivity contribution < 1.29 is 9.13 Å². The highest BCUT2D eigenvalue weighted by Gasteiger charge is 2.32. The van der Waals surface area contributed by atoms with E-state index in [-0.39, 0.29) is 0 Å². The molecule has 0 bridgehead atoms. The molecule has 0 heterocycles. The molecule has 0 aliphatic heterocycles. The average Bonchev–Trinajstić information content (AvgIpc) is 2.52. The Balaban J connectivity index is 3.51. The Hall–Kier alpha value is -1.75. The fourth-order valence-corrected chi connectivity index (χ4v) is 2.66. The van der Waals surface area contributed by atoms with E-state index in [0.717, 1.165) is 11.1 Å². The van der Waals surface area contributed by atoms with Crippen molar-refractivity contribution in [2.45, 2.75) is 39.3 Å². The zero-order valence-electron chi connectivity index (χ0n) is 15.1. The molecule has 0 saturated carbocycles. The van der Waals surface area contributed by atoms with Gasteiger partial charge >= 0.3 is 0 Å². The van der Waals surface area contributed by atoms with Crippen LogP contribution in [-0.4, -0.2) is 24.8 Å². The molecular formula is C20H29FN2O. The molecule has 0 spiro atoms.